The number of hydrogen-bond acceptors (Lipinski definition) is 8. The Balaban J connectivity index is 0.000000293. The minimum Gasteiger partial charge on any atom is -0.469 e. The second kappa shape index (κ2) is 21.3. The number of halogens is 1. The van der Waals surface area contributed by atoms with Gasteiger partial charge in [-0.25, -0.2) is 9.59 Å². The van der Waals surface area contributed by atoms with Crippen LogP contribution in [-0.2, 0) is 35.0 Å². The van der Waals surface area contributed by atoms with Gasteiger partial charge in [0.1, 0.15) is 0 Å². The number of nitrogens with zero attached hydrogens (tertiary/aromatic N) is 2. The van der Waals surface area contributed by atoms with E-state index < -0.39 is 12.2 Å². The number of rotatable bonds is 11. The van der Waals surface area contributed by atoms with E-state index in [0.29, 0.717) is 17.9 Å². The summed E-state index contributed by atoms with van der Waals surface area (Å²) in [5.41, 5.74) is 2.99. The van der Waals surface area contributed by atoms with Crippen molar-refractivity contribution < 1.29 is 38.1 Å². The van der Waals surface area contributed by atoms with Gasteiger partial charge in [-0.05, 0) is 58.8 Å². The molecule has 10 nitrogen and oxygen atoms in total. The van der Waals surface area contributed by atoms with E-state index in [-0.39, 0.29) is 24.3 Å². The fraction of sp³-hybridized carbons (Fsp3) is 0.474. The summed E-state index contributed by atoms with van der Waals surface area (Å²) < 4.78 is 23.3. The van der Waals surface area contributed by atoms with Crippen LogP contribution in [0.3, 0.4) is 0 Å². The van der Waals surface area contributed by atoms with Gasteiger partial charge in [0, 0.05) is 23.2 Å². The Morgan fingerprint density at radius 1 is 0.673 bits per heavy atom. The van der Waals surface area contributed by atoms with E-state index in [4.69, 9.17) is 14.2 Å². The summed E-state index contributed by atoms with van der Waals surface area (Å²) in [4.78, 5) is 47.3. The van der Waals surface area contributed by atoms with E-state index in [2.05, 4.69) is 55.0 Å². The molecule has 0 aliphatic carbocycles. The van der Waals surface area contributed by atoms with Crippen molar-refractivity contribution in [3.05, 3.63) is 72.1 Å². The van der Waals surface area contributed by atoms with Crippen LogP contribution in [0, 0.1) is 11.8 Å². The molecule has 0 spiro atoms. The Kier molecular flexibility index (Phi) is 17.9. The van der Waals surface area contributed by atoms with Gasteiger partial charge in [0.25, 0.3) is 0 Å². The summed E-state index contributed by atoms with van der Waals surface area (Å²) in [5, 5.41) is 1.72. The second-order valence-electron chi connectivity index (χ2n) is 11.9. The van der Waals surface area contributed by atoms with Gasteiger partial charge in [0.15, 0.2) is 0 Å². The van der Waals surface area contributed by atoms with Crippen molar-refractivity contribution in [2.24, 2.45) is 11.8 Å². The van der Waals surface area contributed by atoms with Crippen LogP contribution in [0.15, 0.2) is 60.9 Å². The van der Waals surface area contributed by atoms with Crippen molar-refractivity contribution in [3.8, 4) is 0 Å². The number of ether oxygens (including phenoxy) is 4. The molecule has 0 bridgehead atoms. The average Bonchev–Trinajstić information content (AvgIpc) is 3.70. The summed E-state index contributed by atoms with van der Waals surface area (Å²) in [6.07, 6.45) is 7.89. The van der Waals surface area contributed by atoms with Crippen LogP contribution in [0.1, 0.15) is 76.8 Å². The third-order valence-corrected chi connectivity index (χ3v) is 9.27. The quantitative estimate of drug-likeness (QED) is 0.0640. The van der Waals surface area contributed by atoms with Gasteiger partial charge in [-0.1, -0.05) is 99.5 Å². The smallest absolute Gasteiger partial charge is 0.418 e. The monoisotopic (exact) mass is 790 g/mol. The molecule has 0 radical (unpaired) electrons. The first-order valence-electron chi connectivity index (χ1n) is 16.6. The molecule has 4 aromatic rings. The molecule has 49 heavy (non-hydrogen) atoms. The lowest BCUT2D eigenvalue weighted by molar-refractivity contribution is -0.142. The lowest BCUT2D eigenvalue weighted by atomic mass is 9.90. The third kappa shape index (κ3) is 11.6. The number of fused-ring (bicyclic) bond motifs is 2. The molecule has 4 rings (SSSR count). The predicted octanol–water partition coefficient (Wildman–Crippen LogP) is 9.17. The fourth-order valence-electron chi connectivity index (χ4n) is 5.19. The maximum absolute atomic E-state index is 12.4. The predicted molar refractivity (Wildman–Crippen MR) is 202 cm³/mol. The molecule has 0 saturated carbocycles. The number of hydrogen-bond donors (Lipinski definition) is 0. The Bertz CT molecular complexity index is 1660. The number of benzene rings is 2. The maximum atomic E-state index is 12.4. The molecule has 2 aromatic heterocycles. The highest BCUT2D eigenvalue weighted by atomic mass is 127. The molecule has 2 aromatic carbocycles. The zero-order chi connectivity index (χ0) is 36.5. The summed E-state index contributed by atoms with van der Waals surface area (Å²) in [7, 11) is 5.40. The largest absolute Gasteiger partial charge is 0.469 e. The molecule has 2 heterocycles. The summed E-state index contributed by atoms with van der Waals surface area (Å²) >= 11 is 2.43. The highest BCUT2D eigenvalue weighted by Crippen LogP contribution is 2.33. The lowest BCUT2D eigenvalue weighted by Gasteiger charge is -2.16. The van der Waals surface area contributed by atoms with Gasteiger partial charge in [0.05, 0.1) is 51.8 Å². The first kappa shape index (κ1) is 41.3. The van der Waals surface area contributed by atoms with Gasteiger partial charge < -0.3 is 18.9 Å². The van der Waals surface area contributed by atoms with Gasteiger partial charge in [-0.2, -0.15) is 0 Å². The molecule has 0 aliphatic heterocycles. The van der Waals surface area contributed by atoms with E-state index >= 15 is 0 Å². The number of carbonyl (C=O) groups excluding carboxylic acids is 4. The second-order valence-corrected chi connectivity index (χ2v) is 12.9. The van der Waals surface area contributed by atoms with Crippen molar-refractivity contribution >= 4 is 68.5 Å². The minimum absolute atomic E-state index is 0.126. The third-order valence-electron chi connectivity index (χ3n) is 8.65. The SMILES string of the molecule is CCC(C)CCC(C(=O)OC)c1cn(C(=O)OC)c2ccccc12.CCC(C)CCI.COC(=O)Cc1cn(C(=O)OC)c2ccccc12. The van der Waals surface area contributed by atoms with E-state index in [9.17, 15) is 19.2 Å². The van der Waals surface area contributed by atoms with Gasteiger partial charge in [-0.15, -0.1) is 0 Å². The van der Waals surface area contributed by atoms with Crippen LogP contribution in [0.5, 0.6) is 0 Å². The van der Waals surface area contributed by atoms with Crippen molar-refractivity contribution in [2.75, 3.05) is 32.9 Å². The van der Waals surface area contributed by atoms with Gasteiger partial charge in [-0.3, -0.25) is 18.7 Å². The van der Waals surface area contributed by atoms with Crippen LogP contribution in [0.2, 0.25) is 0 Å². The molecular formula is C38H51IN2O8. The Hall–Kier alpha value is -3.87. The average molecular weight is 791 g/mol. The molecule has 0 aliphatic rings. The first-order chi connectivity index (χ1) is 23.5. The number of para-hydroxylation sites is 2. The normalized spacial score (nSPS) is 12.4. The standard InChI is InChI=1S/C19H25NO4.C13H13NO4.C6H13I/c1-5-13(2)10-11-15(18(21)23-3)16-12-20(19(22)24-4)17-9-7-6-8-14(16)17;1-17-12(15)7-9-8-14(13(16)18-2)11-6-4-3-5-10(9)11;1-3-6(2)4-5-7/h6-9,12-13,15H,5,10-11H2,1-4H3;3-6,8H,7H2,1-2H3;6H,3-5H2,1-2H3. The van der Waals surface area contributed by atoms with Crippen LogP contribution in [0.25, 0.3) is 21.8 Å². The molecule has 0 saturated heterocycles. The zero-order valence-corrected chi connectivity index (χ0v) is 32.2. The molecule has 0 fully saturated rings. The van der Waals surface area contributed by atoms with E-state index in [1.165, 1.54) is 54.8 Å². The fourth-order valence-corrected chi connectivity index (χ4v) is 6.25. The number of esters is 2. The minimum atomic E-state index is -0.484. The molecule has 3 atom stereocenters. The summed E-state index contributed by atoms with van der Waals surface area (Å²) in [6, 6.07) is 14.9. The maximum Gasteiger partial charge on any atom is 0.418 e. The van der Waals surface area contributed by atoms with Crippen LogP contribution in [0.4, 0.5) is 9.59 Å². The lowest BCUT2D eigenvalue weighted by Crippen LogP contribution is -2.15. The molecule has 268 valence electrons. The van der Waals surface area contributed by atoms with Crippen molar-refractivity contribution in [1.82, 2.24) is 9.13 Å². The van der Waals surface area contributed by atoms with Crippen molar-refractivity contribution in [2.45, 2.75) is 72.1 Å². The van der Waals surface area contributed by atoms with E-state index in [1.54, 1.807) is 18.5 Å². The number of methoxy groups -OCH3 is 4. The molecular weight excluding hydrogens is 739 g/mol. The van der Waals surface area contributed by atoms with Crippen LogP contribution >= 0.6 is 22.6 Å². The number of carbonyl (C=O) groups is 4. The first-order valence-corrected chi connectivity index (χ1v) is 18.1. The zero-order valence-electron chi connectivity index (χ0n) is 30.0. The molecule has 3 unspecified atom stereocenters. The molecule has 0 amide bonds. The summed E-state index contributed by atoms with van der Waals surface area (Å²) in [6.45, 7) is 8.86. The van der Waals surface area contributed by atoms with E-state index in [1.807, 2.05) is 42.5 Å². The van der Waals surface area contributed by atoms with E-state index in [0.717, 1.165) is 46.2 Å². The van der Waals surface area contributed by atoms with Crippen molar-refractivity contribution in [1.29, 1.82) is 0 Å². The van der Waals surface area contributed by atoms with Crippen molar-refractivity contribution in [3.63, 3.8) is 0 Å². The van der Waals surface area contributed by atoms with Crippen LogP contribution in [-0.4, -0.2) is 66.1 Å². The topological polar surface area (TPSA) is 115 Å². The Morgan fingerprint density at radius 2 is 1.18 bits per heavy atom. The highest BCUT2D eigenvalue weighted by molar-refractivity contribution is 14.1. The van der Waals surface area contributed by atoms with Gasteiger partial charge >= 0.3 is 24.1 Å². The number of aromatic nitrogens is 2. The van der Waals surface area contributed by atoms with Gasteiger partial charge in [0.2, 0.25) is 0 Å². The van der Waals surface area contributed by atoms with Crippen LogP contribution < -0.4 is 0 Å². The summed E-state index contributed by atoms with van der Waals surface area (Å²) in [5.74, 6) is 0.469. The molecule has 11 heteroatoms. The highest BCUT2D eigenvalue weighted by Gasteiger charge is 2.27. The number of alkyl halides is 1. The Morgan fingerprint density at radius 3 is 1.67 bits per heavy atom. The Labute approximate surface area is 303 Å². The molecule has 0 N–H and O–H groups in total.